The van der Waals surface area contributed by atoms with Crippen molar-refractivity contribution in [3.63, 3.8) is 0 Å². The fourth-order valence-corrected chi connectivity index (χ4v) is 3.71. The second-order valence-corrected chi connectivity index (χ2v) is 7.60. The van der Waals surface area contributed by atoms with Crippen LogP contribution in [0.5, 0.6) is 0 Å². The quantitative estimate of drug-likeness (QED) is 0.700. The average Bonchev–Trinajstić information content (AvgIpc) is 2.60. The van der Waals surface area contributed by atoms with Gasteiger partial charge in [-0.1, -0.05) is 12.1 Å². The van der Waals surface area contributed by atoms with Crippen molar-refractivity contribution < 1.29 is 34.8 Å². The predicted octanol–water partition coefficient (Wildman–Crippen LogP) is 3.90. The maximum atomic E-state index is 13.6. The number of aromatic nitrogens is 1. The second-order valence-electron chi connectivity index (χ2n) is 5.61. The highest BCUT2D eigenvalue weighted by Crippen LogP contribution is 2.40. The van der Waals surface area contributed by atoms with Crippen molar-refractivity contribution in [1.82, 2.24) is 9.29 Å². The van der Waals surface area contributed by atoms with Gasteiger partial charge in [-0.25, -0.2) is 8.42 Å². The molecule has 0 saturated heterocycles. The summed E-state index contributed by atoms with van der Waals surface area (Å²) in [6.45, 7) is 0. The molecule has 12 heteroatoms. The van der Waals surface area contributed by atoms with Crippen LogP contribution in [0.3, 0.4) is 0 Å². The molecule has 2 aromatic rings. The molecule has 1 heterocycles. The number of nitrogens with zero attached hydrogens (tertiary/aromatic N) is 3. The van der Waals surface area contributed by atoms with Gasteiger partial charge in [0.15, 0.2) is 0 Å². The van der Waals surface area contributed by atoms with Crippen LogP contribution in [0.4, 0.5) is 26.3 Å². The first-order valence-electron chi connectivity index (χ1n) is 7.35. The van der Waals surface area contributed by atoms with Crippen molar-refractivity contribution in [3.05, 3.63) is 59.4 Å². The SMILES string of the molecule is CN(C(c1ccc(C(F)(F)F)cc1)C(F)(F)F)S(=O)(=O)c1cncc(C#N)c1. The Morgan fingerprint density at radius 1 is 1.07 bits per heavy atom. The zero-order valence-electron chi connectivity index (χ0n) is 14.0. The number of hydrogen-bond acceptors (Lipinski definition) is 4. The summed E-state index contributed by atoms with van der Waals surface area (Å²) in [6.07, 6.45) is -8.08. The summed E-state index contributed by atoms with van der Waals surface area (Å²) in [5, 5.41) is 8.80. The van der Waals surface area contributed by atoms with Crippen molar-refractivity contribution >= 4 is 10.0 Å². The first kappa shape index (κ1) is 21.6. The van der Waals surface area contributed by atoms with Crippen molar-refractivity contribution in [3.8, 4) is 6.07 Å². The van der Waals surface area contributed by atoms with Gasteiger partial charge in [-0.05, 0) is 23.8 Å². The third-order valence-corrected chi connectivity index (χ3v) is 5.53. The zero-order chi connectivity index (χ0) is 21.3. The zero-order valence-corrected chi connectivity index (χ0v) is 14.8. The van der Waals surface area contributed by atoms with E-state index >= 15 is 0 Å². The third-order valence-electron chi connectivity index (χ3n) is 3.75. The van der Waals surface area contributed by atoms with Gasteiger partial charge in [-0.15, -0.1) is 0 Å². The Bertz CT molecular complexity index is 995. The number of benzene rings is 1. The molecule has 5 nitrogen and oxygen atoms in total. The Hall–Kier alpha value is -2.65. The van der Waals surface area contributed by atoms with E-state index in [4.69, 9.17) is 5.26 Å². The number of rotatable bonds is 4. The van der Waals surface area contributed by atoms with Crippen molar-refractivity contribution in [1.29, 1.82) is 5.26 Å². The van der Waals surface area contributed by atoms with E-state index in [0.29, 0.717) is 31.3 Å². The number of sulfonamides is 1. The molecule has 0 spiro atoms. The van der Waals surface area contributed by atoms with Crippen molar-refractivity contribution in [2.24, 2.45) is 0 Å². The molecule has 0 aliphatic rings. The average molecular weight is 423 g/mol. The normalized spacial score (nSPS) is 14.0. The maximum absolute atomic E-state index is 13.6. The summed E-state index contributed by atoms with van der Waals surface area (Å²) in [4.78, 5) is 2.85. The van der Waals surface area contributed by atoms with Gasteiger partial charge in [0.05, 0.1) is 11.1 Å². The molecule has 150 valence electrons. The number of hydrogen-bond donors (Lipinski definition) is 0. The minimum Gasteiger partial charge on any atom is -0.262 e. The van der Waals surface area contributed by atoms with E-state index in [1.807, 2.05) is 0 Å². The summed E-state index contributed by atoms with van der Waals surface area (Å²) < 4.78 is 104. The van der Waals surface area contributed by atoms with E-state index in [1.54, 1.807) is 6.07 Å². The fraction of sp³-hybridized carbons (Fsp3) is 0.250. The standard InChI is InChI=1S/C16H11F6N3O2S/c1-25(28(26,27)13-6-10(7-23)8-24-9-13)14(16(20,21)22)11-2-4-12(5-3-11)15(17,18)19/h2-6,8-9,14H,1H3. The smallest absolute Gasteiger partial charge is 0.262 e. The lowest BCUT2D eigenvalue weighted by molar-refractivity contribution is -0.171. The summed E-state index contributed by atoms with van der Waals surface area (Å²) in [5.74, 6) is 0. The lowest BCUT2D eigenvalue weighted by Crippen LogP contribution is -2.39. The minimum atomic E-state index is -5.12. The lowest BCUT2D eigenvalue weighted by Gasteiger charge is -2.29. The molecule has 1 aromatic heterocycles. The first-order chi connectivity index (χ1) is 12.8. The molecule has 0 aliphatic heterocycles. The molecule has 2 rings (SSSR count). The molecule has 0 saturated carbocycles. The van der Waals surface area contributed by atoms with E-state index in [-0.39, 0.29) is 9.87 Å². The molecule has 1 aromatic carbocycles. The Balaban J connectivity index is 2.52. The van der Waals surface area contributed by atoms with E-state index in [1.165, 1.54) is 0 Å². The van der Waals surface area contributed by atoms with Crippen LogP contribution in [-0.4, -0.2) is 30.9 Å². The van der Waals surface area contributed by atoms with E-state index in [0.717, 1.165) is 18.5 Å². The largest absolute Gasteiger partial charge is 0.416 e. The van der Waals surface area contributed by atoms with Gasteiger partial charge >= 0.3 is 12.4 Å². The van der Waals surface area contributed by atoms with Crippen LogP contribution in [0.2, 0.25) is 0 Å². The van der Waals surface area contributed by atoms with Crippen LogP contribution < -0.4 is 0 Å². The third kappa shape index (κ3) is 4.42. The van der Waals surface area contributed by atoms with Crippen LogP contribution in [0.25, 0.3) is 0 Å². The van der Waals surface area contributed by atoms with Crippen LogP contribution >= 0.6 is 0 Å². The highest BCUT2D eigenvalue weighted by atomic mass is 32.2. The Morgan fingerprint density at radius 2 is 1.64 bits per heavy atom. The van der Waals surface area contributed by atoms with Gasteiger partial charge in [-0.3, -0.25) is 4.98 Å². The number of nitriles is 1. The Labute approximate surface area is 155 Å². The van der Waals surface area contributed by atoms with Gasteiger partial charge in [0.25, 0.3) is 0 Å². The number of halogens is 6. The number of alkyl halides is 6. The topological polar surface area (TPSA) is 74.1 Å². The van der Waals surface area contributed by atoms with Gasteiger partial charge in [0, 0.05) is 19.4 Å². The van der Waals surface area contributed by atoms with Gasteiger partial charge in [0.1, 0.15) is 17.0 Å². The Kier molecular flexibility index (Phi) is 5.72. The lowest BCUT2D eigenvalue weighted by atomic mass is 10.0. The molecular weight excluding hydrogens is 412 g/mol. The van der Waals surface area contributed by atoms with Gasteiger partial charge in [-0.2, -0.15) is 35.9 Å². The first-order valence-corrected chi connectivity index (χ1v) is 8.79. The molecule has 1 unspecified atom stereocenters. The second kappa shape index (κ2) is 7.40. The molecule has 0 radical (unpaired) electrons. The molecule has 0 fully saturated rings. The summed E-state index contributed by atoms with van der Waals surface area (Å²) in [7, 11) is -4.12. The van der Waals surface area contributed by atoms with E-state index in [9.17, 15) is 34.8 Å². The highest BCUT2D eigenvalue weighted by Gasteiger charge is 2.48. The molecule has 28 heavy (non-hydrogen) atoms. The van der Waals surface area contributed by atoms with Crippen LogP contribution in [-0.2, 0) is 16.2 Å². The van der Waals surface area contributed by atoms with E-state index < -0.39 is 44.4 Å². The Morgan fingerprint density at radius 3 is 2.11 bits per heavy atom. The van der Waals surface area contributed by atoms with Crippen molar-refractivity contribution in [2.75, 3.05) is 7.05 Å². The number of pyridine rings is 1. The van der Waals surface area contributed by atoms with Gasteiger partial charge in [0.2, 0.25) is 10.0 Å². The fourth-order valence-electron chi connectivity index (χ4n) is 2.39. The summed E-state index contributed by atoms with van der Waals surface area (Å²) >= 11 is 0. The molecule has 0 aliphatic carbocycles. The minimum absolute atomic E-state index is 0.0201. The predicted molar refractivity (Wildman–Crippen MR) is 84.1 cm³/mol. The molecule has 1 atom stereocenters. The van der Waals surface area contributed by atoms with Crippen molar-refractivity contribution in [2.45, 2.75) is 23.3 Å². The molecule has 0 N–H and O–H groups in total. The summed E-state index contributed by atoms with van der Waals surface area (Å²) in [5.41, 5.74) is -2.06. The molecule has 0 bridgehead atoms. The van der Waals surface area contributed by atoms with E-state index in [2.05, 4.69) is 4.98 Å². The molecule has 0 amide bonds. The van der Waals surface area contributed by atoms with Crippen LogP contribution in [0, 0.1) is 11.3 Å². The van der Waals surface area contributed by atoms with Gasteiger partial charge < -0.3 is 0 Å². The van der Waals surface area contributed by atoms with Crippen LogP contribution in [0.1, 0.15) is 22.7 Å². The highest BCUT2D eigenvalue weighted by molar-refractivity contribution is 7.89. The summed E-state index contributed by atoms with van der Waals surface area (Å²) in [6, 6.07) is 1.72. The molecular formula is C16H11F6N3O2S. The van der Waals surface area contributed by atoms with Crippen LogP contribution in [0.15, 0.2) is 47.6 Å². The monoisotopic (exact) mass is 423 g/mol. The maximum Gasteiger partial charge on any atom is 0.416 e.